The molecule has 0 aliphatic heterocycles. The van der Waals surface area contributed by atoms with Crippen LogP contribution in [0, 0.1) is 11.3 Å². The highest BCUT2D eigenvalue weighted by Gasteiger charge is 2.34. The van der Waals surface area contributed by atoms with E-state index >= 15 is 0 Å². The van der Waals surface area contributed by atoms with Gasteiger partial charge in [0.1, 0.15) is 11.5 Å². The maximum atomic E-state index is 14.6. The number of halogens is 2. The standard InChI is InChI=1S/C30H31F2N3O4/c31-30(32,24-10-15-26(16-11-24)37-19-4-2-18-33)39-27-13-6-22(7-14-27)8-17-29(36)38-20-3-1-5-23-9-12-25(34)21-28(23)35/h6-17,21H,1-5,19-20,34-35H2/b17-8+. The average Bonchev–Trinajstić information content (AvgIpc) is 2.92. The van der Waals surface area contributed by atoms with Crippen molar-refractivity contribution in [2.24, 2.45) is 0 Å². The van der Waals surface area contributed by atoms with Crippen molar-refractivity contribution in [1.29, 1.82) is 5.26 Å². The first-order valence-corrected chi connectivity index (χ1v) is 12.5. The maximum Gasteiger partial charge on any atom is 0.426 e. The predicted molar refractivity (Wildman–Crippen MR) is 146 cm³/mol. The van der Waals surface area contributed by atoms with Crippen LogP contribution in [-0.2, 0) is 22.1 Å². The smallest absolute Gasteiger partial charge is 0.426 e. The van der Waals surface area contributed by atoms with E-state index in [0.717, 1.165) is 18.4 Å². The van der Waals surface area contributed by atoms with E-state index in [2.05, 4.69) is 0 Å². The Balaban J connectivity index is 1.41. The van der Waals surface area contributed by atoms with E-state index in [9.17, 15) is 13.6 Å². The van der Waals surface area contributed by atoms with E-state index in [-0.39, 0.29) is 17.9 Å². The van der Waals surface area contributed by atoms with Crippen molar-refractivity contribution < 1.29 is 27.8 Å². The number of carbonyl (C=O) groups is 1. The molecule has 9 heteroatoms. The molecule has 0 spiro atoms. The number of alkyl halides is 2. The largest absolute Gasteiger partial charge is 0.494 e. The van der Waals surface area contributed by atoms with Crippen molar-refractivity contribution in [3.63, 3.8) is 0 Å². The van der Waals surface area contributed by atoms with Gasteiger partial charge in [0.15, 0.2) is 0 Å². The monoisotopic (exact) mass is 535 g/mol. The van der Waals surface area contributed by atoms with E-state index in [1.165, 1.54) is 48.6 Å². The summed E-state index contributed by atoms with van der Waals surface area (Å²) in [4.78, 5) is 12.0. The molecule has 3 aromatic rings. The van der Waals surface area contributed by atoms with Gasteiger partial charge < -0.3 is 25.7 Å². The van der Waals surface area contributed by atoms with Crippen molar-refractivity contribution in [2.45, 2.75) is 38.2 Å². The van der Waals surface area contributed by atoms with E-state index in [0.29, 0.717) is 48.6 Å². The Bertz CT molecular complexity index is 1290. The molecule has 0 unspecified atom stereocenters. The number of anilines is 2. The fraction of sp³-hybridized carbons (Fsp3) is 0.267. The van der Waals surface area contributed by atoms with Crippen molar-refractivity contribution in [3.8, 4) is 17.6 Å². The van der Waals surface area contributed by atoms with Crippen LogP contribution in [0.4, 0.5) is 20.2 Å². The fourth-order valence-corrected chi connectivity index (χ4v) is 3.58. The molecule has 0 fully saturated rings. The number of ether oxygens (including phenoxy) is 3. The van der Waals surface area contributed by atoms with Gasteiger partial charge in [-0.25, -0.2) is 4.79 Å². The van der Waals surface area contributed by atoms with Crippen LogP contribution in [0.1, 0.15) is 42.4 Å². The number of rotatable bonds is 14. The van der Waals surface area contributed by atoms with Crippen LogP contribution in [0.5, 0.6) is 11.5 Å². The van der Waals surface area contributed by atoms with Crippen molar-refractivity contribution in [3.05, 3.63) is 89.5 Å². The molecule has 0 heterocycles. The lowest BCUT2D eigenvalue weighted by Crippen LogP contribution is -2.21. The van der Waals surface area contributed by atoms with Crippen LogP contribution < -0.4 is 20.9 Å². The number of aryl methyl sites for hydroxylation is 1. The summed E-state index contributed by atoms with van der Waals surface area (Å²) in [5.74, 6) is -0.0878. The minimum absolute atomic E-state index is 0.0294. The van der Waals surface area contributed by atoms with Gasteiger partial charge in [-0.15, -0.1) is 0 Å². The Morgan fingerprint density at radius 2 is 1.64 bits per heavy atom. The second-order valence-corrected chi connectivity index (χ2v) is 8.74. The van der Waals surface area contributed by atoms with Gasteiger partial charge in [0.05, 0.1) is 24.8 Å². The number of benzene rings is 3. The Labute approximate surface area is 226 Å². The van der Waals surface area contributed by atoms with Crippen LogP contribution in [0.25, 0.3) is 6.08 Å². The molecule has 0 saturated carbocycles. The Kier molecular flexibility index (Phi) is 10.7. The summed E-state index contributed by atoms with van der Waals surface area (Å²) >= 11 is 0. The molecule has 0 radical (unpaired) electrons. The molecule has 0 amide bonds. The normalized spacial score (nSPS) is 11.2. The zero-order valence-electron chi connectivity index (χ0n) is 21.4. The Morgan fingerprint density at radius 3 is 2.33 bits per heavy atom. The number of nitrogens with zero attached hydrogens (tertiary/aromatic N) is 1. The second kappa shape index (κ2) is 14.4. The minimum Gasteiger partial charge on any atom is -0.494 e. The second-order valence-electron chi connectivity index (χ2n) is 8.74. The summed E-state index contributed by atoms with van der Waals surface area (Å²) in [5, 5.41) is 8.53. The van der Waals surface area contributed by atoms with Crippen molar-refractivity contribution in [1.82, 2.24) is 0 Å². The van der Waals surface area contributed by atoms with Crippen LogP contribution in [0.15, 0.2) is 72.8 Å². The Hall–Kier alpha value is -4.58. The van der Waals surface area contributed by atoms with Gasteiger partial charge in [-0.1, -0.05) is 18.2 Å². The van der Waals surface area contributed by atoms with Gasteiger partial charge in [-0.05, 0) is 91.4 Å². The molecule has 39 heavy (non-hydrogen) atoms. The lowest BCUT2D eigenvalue weighted by molar-refractivity contribution is -0.185. The molecule has 0 aromatic heterocycles. The van der Waals surface area contributed by atoms with Gasteiger partial charge in [-0.3, -0.25) is 0 Å². The number of unbranched alkanes of at least 4 members (excludes halogenated alkanes) is 2. The topological polar surface area (TPSA) is 121 Å². The maximum absolute atomic E-state index is 14.6. The highest BCUT2D eigenvalue weighted by Crippen LogP contribution is 2.32. The summed E-state index contributed by atoms with van der Waals surface area (Å²) in [5.41, 5.74) is 14.2. The number of hydrogen-bond donors (Lipinski definition) is 2. The van der Waals surface area contributed by atoms with E-state index in [1.807, 2.05) is 12.1 Å². The molecule has 0 atom stereocenters. The average molecular weight is 536 g/mol. The molecule has 3 rings (SSSR count). The minimum atomic E-state index is -3.56. The lowest BCUT2D eigenvalue weighted by Gasteiger charge is -2.18. The van der Waals surface area contributed by atoms with Gasteiger partial charge in [0, 0.05) is 23.9 Å². The third kappa shape index (κ3) is 9.67. The number of carbonyl (C=O) groups excluding carboxylic acids is 1. The molecule has 0 bridgehead atoms. The Morgan fingerprint density at radius 1 is 0.923 bits per heavy atom. The van der Waals surface area contributed by atoms with Crippen LogP contribution in [0.3, 0.4) is 0 Å². The highest BCUT2D eigenvalue weighted by molar-refractivity contribution is 5.87. The molecule has 204 valence electrons. The summed E-state index contributed by atoms with van der Waals surface area (Å²) in [6.45, 7) is 0.605. The quantitative estimate of drug-likeness (QED) is 0.108. The first-order valence-electron chi connectivity index (χ1n) is 12.5. The van der Waals surface area contributed by atoms with Gasteiger partial charge in [-0.2, -0.15) is 14.0 Å². The molecule has 4 N–H and O–H groups in total. The summed E-state index contributed by atoms with van der Waals surface area (Å²) in [6, 6.07) is 18.7. The summed E-state index contributed by atoms with van der Waals surface area (Å²) in [6.07, 6.45) is 2.44. The first-order chi connectivity index (χ1) is 18.8. The van der Waals surface area contributed by atoms with E-state index in [4.69, 9.17) is 30.9 Å². The van der Waals surface area contributed by atoms with Crippen LogP contribution in [-0.4, -0.2) is 19.2 Å². The molecule has 0 aliphatic rings. The highest BCUT2D eigenvalue weighted by atomic mass is 19.3. The zero-order chi connectivity index (χ0) is 28.1. The third-order valence-electron chi connectivity index (χ3n) is 5.68. The number of nitriles is 1. The van der Waals surface area contributed by atoms with Crippen LogP contribution in [0.2, 0.25) is 0 Å². The molecule has 7 nitrogen and oxygen atoms in total. The molecular formula is C30H31F2N3O4. The number of hydrogen-bond acceptors (Lipinski definition) is 7. The summed E-state index contributed by atoms with van der Waals surface area (Å²) in [7, 11) is 0. The van der Waals surface area contributed by atoms with Gasteiger partial charge in [0.2, 0.25) is 0 Å². The summed E-state index contributed by atoms with van der Waals surface area (Å²) < 4.78 is 44.7. The van der Waals surface area contributed by atoms with Crippen LogP contribution >= 0.6 is 0 Å². The fourth-order valence-electron chi connectivity index (χ4n) is 3.58. The van der Waals surface area contributed by atoms with Crippen molar-refractivity contribution in [2.75, 3.05) is 24.7 Å². The number of nitrogen functional groups attached to an aromatic ring is 2. The lowest BCUT2D eigenvalue weighted by atomic mass is 10.1. The third-order valence-corrected chi connectivity index (χ3v) is 5.68. The molecular weight excluding hydrogens is 504 g/mol. The van der Waals surface area contributed by atoms with E-state index < -0.39 is 12.1 Å². The van der Waals surface area contributed by atoms with Crippen molar-refractivity contribution >= 4 is 23.4 Å². The number of nitrogens with two attached hydrogens (primary N) is 2. The number of esters is 1. The predicted octanol–water partition coefficient (Wildman–Crippen LogP) is 6.24. The molecule has 3 aromatic carbocycles. The molecule has 0 saturated heterocycles. The van der Waals surface area contributed by atoms with E-state index in [1.54, 1.807) is 24.3 Å². The first kappa shape index (κ1) is 29.0. The SMILES string of the molecule is N#CCCCOc1ccc(C(F)(F)Oc2ccc(/C=C/C(=O)OCCCCc3ccc(N)cc3N)cc2)cc1. The van der Waals surface area contributed by atoms with Gasteiger partial charge >= 0.3 is 12.1 Å². The molecule has 0 aliphatic carbocycles. The van der Waals surface area contributed by atoms with Gasteiger partial charge in [0.25, 0.3) is 0 Å². The zero-order valence-corrected chi connectivity index (χ0v) is 21.4.